The van der Waals surface area contributed by atoms with Gasteiger partial charge in [-0.05, 0) is 85.8 Å². The Morgan fingerprint density at radius 2 is 1.76 bits per heavy atom. The summed E-state index contributed by atoms with van der Waals surface area (Å²) in [5.41, 5.74) is 6.83. The van der Waals surface area contributed by atoms with Gasteiger partial charge >= 0.3 is 0 Å². The van der Waals surface area contributed by atoms with Crippen LogP contribution in [0.2, 0.25) is 0 Å². The van der Waals surface area contributed by atoms with Crippen molar-refractivity contribution in [3.63, 3.8) is 0 Å². The zero-order chi connectivity index (χ0) is 28.9. The summed E-state index contributed by atoms with van der Waals surface area (Å²) in [6.07, 6.45) is 18.5. The van der Waals surface area contributed by atoms with Crippen LogP contribution in [0.4, 0.5) is 4.39 Å². The number of benzene rings is 1. The van der Waals surface area contributed by atoms with E-state index in [2.05, 4.69) is 55.4 Å². The molecule has 6 rings (SSSR count). The highest BCUT2D eigenvalue weighted by atomic mass is 35.5. The number of rotatable bonds is 10. The van der Waals surface area contributed by atoms with Gasteiger partial charge in [-0.15, -0.1) is 0 Å². The molecule has 2 aromatic rings. The molecule has 4 aliphatic rings. The summed E-state index contributed by atoms with van der Waals surface area (Å²) in [6, 6.07) is 8.30. The molecule has 0 amide bonds. The Labute approximate surface area is 252 Å². The molecule has 0 radical (unpaired) electrons. The van der Waals surface area contributed by atoms with Crippen molar-refractivity contribution in [1.29, 1.82) is 5.41 Å². The summed E-state index contributed by atoms with van der Waals surface area (Å²) >= 11 is 6.26. The van der Waals surface area contributed by atoms with Crippen molar-refractivity contribution in [2.75, 3.05) is 39.3 Å². The molecule has 1 aliphatic heterocycles. The molecule has 42 heavy (non-hydrogen) atoms. The van der Waals surface area contributed by atoms with E-state index in [-0.39, 0.29) is 0 Å². The largest absolute Gasteiger partial charge is 0.494 e. The minimum Gasteiger partial charge on any atom is -0.494 e. The van der Waals surface area contributed by atoms with Crippen LogP contribution >= 0.6 is 11.6 Å². The Balaban J connectivity index is 1.05. The number of allylic oxidation sites excluding steroid dienone is 9. The number of hydrogen-bond acceptors (Lipinski definition) is 4. The number of nitrogens with one attached hydrogen (secondary N) is 1. The first-order valence-corrected chi connectivity index (χ1v) is 15.7. The Morgan fingerprint density at radius 3 is 2.48 bits per heavy atom. The topological polar surface area (TPSA) is 49.4 Å². The molecule has 0 bridgehead atoms. The normalized spacial score (nSPS) is 21.5. The Hall–Kier alpha value is -3.29. The summed E-state index contributed by atoms with van der Waals surface area (Å²) in [7, 11) is 0. The third-order valence-electron chi connectivity index (χ3n) is 8.67. The van der Waals surface area contributed by atoms with Crippen LogP contribution in [0.5, 0.6) is 0 Å². The number of aryl methyl sites for hydroxylation is 1. The van der Waals surface area contributed by atoms with Crippen molar-refractivity contribution in [2.24, 2.45) is 0 Å². The van der Waals surface area contributed by atoms with Gasteiger partial charge in [-0.3, -0.25) is 10.3 Å². The van der Waals surface area contributed by atoms with E-state index < -0.39 is 6.17 Å². The number of fused-ring (bicyclic) bond motifs is 1. The monoisotopic (exact) mass is 589 g/mol. The maximum atomic E-state index is 13.3. The van der Waals surface area contributed by atoms with E-state index >= 15 is 0 Å². The fourth-order valence-electron chi connectivity index (χ4n) is 6.33. The van der Waals surface area contributed by atoms with Crippen molar-refractivity contribution in [3.05, 3.63) is 100 Å². The van der Waals surface area contributed by atoms with Crippen LogP contribution in [0.1, 0.15) is 38.5 Å². The van der Waals surface area contributed by atoms with E-state index in [0.29, 0.717) is 25.2 Å². The number of para-hydroxylation sites is 2. The van der Waals surface area contributed by atoms with Crippen LogP contribution in [0, 0.1) is 5.41 Å². The highest BCUT2D eigenvalue weighted by Crippen LogP contribution is 2.26. The number of alkyl halides is 1. The SMILES string of the molecule is N=c1n(CCCOC2=CCC(F)C=C2)c2ccccc2n1CC1=CC=C(N2CCN(CC3=CCCC(Cl)=C3)CC2)CC1. The maximum absolute atomic E-state index is 13.3. The summed E-state index contributed by atoms with van der Waals surface area (Å²) in [5, 5.41) is 10.0. The fourth-order valence-corrected chi connectivity index (χ4v) is 6.58. The van der Waals surface area contributed by atoms with Crippen LogP contribution < -0.4 is 5.62 Å². The summed E-state index contributed by atoms with van der Waals surface area (Å²) < 4.78 is 23.3. The van der Waals surface area contributed by atoms with Crippen LogP contribution in [0.25, 0.3) is 11.0 Å². The van der Waals surface area contributed by atoms with E-state index in [0.717, 1.165) is 93.2 Å². The lowest BCUT2D eigenvalue weighted by atomic mass is 10.0. The van der Waals surface area contributed by atoms with Gasteiger partial charge in [0.25, 0.3) is 0 Å². The first-order valence-electron chi connectivity index (χ1n) is 15.3. The minimum atomic E-state index is -0.908. The summed E-state index contributed by atoms with van der Waals surface area (Å²) in [5.74, 6) is 0.737. The van der Waals surface area contributed by atoms with Crippen LogP contribution in [-0.4, -0.2) is 64.4 Å². The smallest absolute Gasteiger partial charge is 0.203 e. The third-order valence-corrected chi connectivity index (χ3v) is 8.97. The van der Waals surface area contributed by atoms with E-state index in [1.165, 1.54) is 16.8 Å². The van der Waals surface area contributed by atoms with Gasteiger partial charge in [0.1, 0.15) is 11.9 Å². The molecule has 1 fully saturated rings. The van der Waals surface area contributed by atoms with E-state index in [1.54, 1.807) is 12.2 Å². The van der Waals surface area contributed by atoms with Gasteiger partial charge < -0.3 is 18.8 Å². The molecule has 1 aromatic heterocycles. The average Bonchev–Trinajstić information content (AvgIpc) is 3.27. The minimum absolute atomic E-state index is 0.376. The van der Waals surface area contributed by atoms with Gasteiger partial charge in [0.15, 0.2) is 0 Å². The van der Waals surface area contributed by atoms with Crippen molar-refractivity contribution in [2.45, 2.75) is 57.8 Å². The van der Waals surface area contributed by atoms with Gasteiger partial charge in [0.2, 0.25) is 5.62 Å². The predicted molar refractivity (Wildman–Crippen MR) is 168 cm³/mol. The zero-order valence-corrected chi connectivity index (χ0v) is 25.0. The average molecular weight is 590 g/mol. The van der Waals surface area contributed by atoms with Gasteiger partial charge in [-0.2, -0.15) is 0 Å². The number of halogens is 2. The lowest BCUT2D eigenvalue weighted by Crippen LogP contribution is -2.46. The number of aromatic nitrogens is 2. The fraction of sp³-hybridized carbons (Fsp3) is 0.441. The second-order valence-corrected chi connectivity index (χ2v) is 12.1. The van der Waals surface area contributed by atoms with Gasteiger partial charge in [-0.25, -0.2) is 4.39 Å². The van der Waals surface area contributed by atoms with Crippen LogP contribution in [0.3, 0.4) is 0 Å². The van der Waals surface area contributed by atoms with Crippen molar-refractivity contribution in [1.82, 2.24) is 18.9 Å². The number of imidazole rings is 1. The second kappa shape index (κ2) is 13.3. The standard InChI is InChI=1S/C34H41ClFN5O/c35-28-6-3-5-27(23-28)24-38-18-20-39(21-19-38)30-13-9-26(10-14-30)25-41-33-8-2-1-7-32(33)40(34(41)37)17-4-22-42-31-15-11-29(36)12-16-31/h1-2,5,7-9,11,13,15-16,23,29,37H,3-4,6,10,12,14,17-22,24-25H2. The van der Waals surface area contributed by atoms with Gasteiger partial charge in [0, 0.05) is 63.0 Å². The van der Waals surface area contributed by atoms with Crippen molar-refractivity contribution >= 4 is 22.6 Å². The van der Waals surface area contributed by atoms with Crippen LogP contribution in [0.15, 0.2) is 94.4 Å². The lowest BCUT2D eigenvalue weighted by molar-refractivity contribution is 0.166. The van der Waals surface area contributed by atoms with Gasteiger partial charge in [0.05, 0.1) is 17.6 Å². The van der Waals surface area contributed by atoms with E-state index in [4.69, 9.17) is 21.7 Å². The Bertz CT molecular complexity index is 1530. The van der Waals surface area contributed by atoms with Crippen molar-refractivity contribution < 1.29 is 9.13 Å². The molecule has 3 aliphatic carbocycles. The van der Waals surface area contributed by atoms with Gasteiger partial charge in [-0.1, -0.05) is 35.9 Å². The molecule has 0 saturated carbocycles. The molecule has 2 heterocycles. The predicted octanol–water partition coefficient (Wildman–Crippen LogP) is 6.58. The number of nitrogens with zero attached hydrogens (tertiary/aromatic N) is 4. The number of piperazine rings is 1. The summed E-state index contributed by atoms with van der Waals surface area (Å²) in [4.78, 5) is 5.09. The molecule has 1 unspecified atom stereocenters. The van der Waals surface area contributed by atoms with Crippen molar-refractivity contribution in [3.8, 4) is 0 Å². The lowest BCUT2D eigenvalue weighted by Gasteiger charge is -2.38. The molecule has 0 spiro atoms. The van der Waals surface area contributed by atoms with E-state index in [1.807, 2.05) is 18.2 Å². The number of hydrogen-bond donors (Lipinski definition) is 1. The third kappa shape index (κ3) is 6.84. The highest BCUT2D eigenvalue weighted by Gasteiger charge is 2.21. The zero-order valence-electron chi connectivity index (χ0n) is 24.3. The summed E-state index contributed by atoms with van der Waals surface area (Å²) in [6.45, 7) is 7.24. The molecule has 1 aromatic carbocycles. The highest BCUT2D eigenvalue weighted by molar-refractivity contribution is 6.29. The second-order valence-electron chi connectivity index (χ2n) is 11.6. The maximum Gasteiger partial charge on any atom is 0.203 e. The first kappa shape index (κ1) is 28.8. The quantitative estimate of drug-likeness (QED) is 0.319. The molecule has 1 saturated heterocycles. The molecular weight excluding hydrogens is 549 g/mol. The molecule has 1 N–H and O–H groups in total. The molecule has 1 atom stereocenters. The Kier molecular flexibility index (Phi) is 9.15. The first-order chi connectivity index (χ1) is 20.5. The van der Waals surface area contributed by atoms with E-state index in [9.17, 15) is 4.39 Å². The van der Waals surface area contributed by atoms with Crippen LogP contribution in [-0.2, 0) is 17.8 Å². The molecular formula is C34H41ClFN5O. The molecule has 222 valence electrons. The number of ether oxygens (including phenoxy) is 1. The Morgan fingerprint density at radius 1 is 0.952 bits per heavy atom. The molecule has 8 heteroatoms. The molecule has 6 nitrogen and oxygen atoms in total.